The summed E-state index contributed by atoms with van der Waals surface area (Å²) in [7, 11) is 1.98. The molecule has 0 radical (unpaired) electrons. The summed E-state index contributed by atoms with van der Waals surface area (Å²) in [6.07, 6.45) is 1.95. The Morgan fingerprint density at radius 2 is 2.00 bits per heavy atom. The molecule has 1 N–H and O–H groups in total. The van der Waals surface area contributed by atoms with E-state index in [9.17, 15) is 0 Å². The van der Waals surface area contributed by atoms with E-state index in [-0.39, 0.29) is 6.04 Å². The van der Waals surface area contributed by atoms with Crippen molar-refractivity contribution in [3.8, 4) is 0 Å². The summed E-state index contributed by atoms with van der Waals surface area (Å²) in [5.74, 6) is 0. The Hall–Kier alpha value is -1.03. The van der Waals surface area contributed by atoms with E-state index in [4.69, 9.17) is 23.2 Å². The number of benzene rings is 1. The SMILES string of the molecule is CCCNC(Cc1ccc(Cl)c(Cl)c1)c1cc(C)nn1C. The minimum atomic E-state index is 0.216. The molecule has 0 bridgehead atoms. The van der Waals surface area contributed by atoms with Crippen LogP contribution in [-0.2, 0) is 13.5 Å². The summed E-state index contributed by atoms with van der Waals surface area (Å²) in [6, 6.07) is 8.16. The predicted molar refractivity (Wildman–Crippen MR) is 89.1 cm³/mol. The molecule has 3 nitrogen and oxygen atoms in total. The van der Waals surface area contributed by atoms with E-state index in [0.29, 0.717) is 10.0 Å². The molecule has 0 aliphatic heterocycles. The van der Waals surface area contributed by atoms with Gasteiger partial charge in [-0.15, -0.1) is 0 Å². The first-order valence-electron chi connectivity index (χ1n) is 7.19. The Labute approximate surface area is 136 Å². The summed E-state index contributed by atoms with van der Waals surface area (Å²) >= 11 is 12.1. The standard InChI is InChI=1S/C16H21Cl2N3/c1-4-7-19-15(16-8-11(2)20-21(16)3)10-12-5-6-13(17)14(18)9-12/h5-6,8-9,15,19H,4,7,10H2,1-3H3. The molecule has 2 aromatic rings. The van der Waals surface area contributed by atoms with Gasteiger partial charge in [0, 0.05) is 7.05 Å². The van der Waals surface area contributed by atoms with E-state index in [2.05, 4.69) is 23.4 Å². The molecule has 0 saturated carbocycles. The van der Waals surface area contributed by atoms with Crippen LogP contribution >= 0.6 is 23.2 Å². The van der Waals surface area contributed by atoms with Gasteiger partial charge in [-0.1, -0.05) is 36.2 Å². The maximum absolute atomic E-state index is 6.11. The highest BCUT2D eigenvalue weighted by atomic mass is 35.5. The van der Waals surface area contributed by atoms with Crippen molar-refractivity contribution < 1.29 is 0 Å². The van der Waals surface area contributed by atoms with Crippen molar-refractivity contribution in [1.29, 1.82) is 0 Å². The Morgan fingerprint density at radius 1 is 1.24 bits per heavy atom. The lowest BCUT2D eigenvalue weighted by molar-refractivity contribution is 0.493. The molecule has 1 aromatic carbocycles. The van der Waals surface area contributed by atoms with Crippen molar-refractivity contribution in [3.05, 3.63) is 51.3 Å². The minimum Gasteiger partial charge on any atom is -0.308 e. The molecule has 1 heterocycles. The smallest absolute Gasteiger partial charge is 0.0597 e. The second kappa shape index (κ2) is 7.30. The van der Waals surface area contributed by atoms with Gasteiger partial charge in [0.1, 0.15) is 0 Å². The molecule has 2 rings (SSSR count). The zero-order valence-electron chi connectivity index (χ0n) is 12.7. The van der Waals surface area contributed by atoms with Gasteiger partial charge in [-0.05, 0) is 50.1 Å². The zero-order chi connectivity index (χ0) is 15.4. The number of nitrogens with zero attached hydrogens (tertiary/aromatic N) is 2. The lowest BCUT2D eigenvalue weighted by Gasteiger charge is -2.19. The van der Waals surface area contributed by atoms with Crippen molar-refractivity contribution >= 4 is 23.2 Å². The van der Waals surface area contributed by atoms with Crippen molar-refractivity contribution in [1.82, 2.24) is 15.1 Å². The molecule has 0 aliphatic rings. The lowest BCUT2D eigenvalue weighted by Crippen LogP contribution is -2.26. The maximum Gasteiger partial charge on any atom is 0.0597 e. The van der Waals surface area contributed by atoms with Crippen molar-refractivity contribution in [2.24, 2.45) is 7.05 Å². The van der Waals surface area contributed by atoms with Crippen LogP contribution in [0, 0.1) is 6.92 Å². The second-order valence-electron chi connectivity index (χ2n) is 5.29. The summed E-state index contributed by atoms with van der Waals surface area (Å²) in [4.78, 5) is 0. The Bertz CT molecular complexity index is 608. The van der Waals surface area contributed by atoms with Gasteiger partial charge in [-0.2, -0.15) is 5.10 Å². The maximum atomic E-state index is 6.11. The molecule has 0 spiro atoms. The number of halogens is 2. The molecule has 1 atom stereocenters. The first-order valence-corrected chi connectivity index (χ1v) is 7.94. The monoisotopic (exact) mass is 325 g/mol. The number of hydrogen-bond donors (Lipinski definition) is 1. The van der Waals surface area contributed by atoms with E-state index >= 15 is 0 Å². The van der Waals surface area contributed by atoms with Gasteiger partial charge >= 0.3 is 0 Å². The van der Waals surface area contributed by atoms with E-state index in [1.165, 1.54) is 5.69 Å². The fraction of sp³-hybridized carbons (Fsp3) is 0.438. The minimum absolute atomic E-state index is 0.216. The van der Waals surface area contributed by atoms with E-state index in [1.807, 2.05) is 36.9 Å². The number of hydrogen-bond acceptors (Lipinski definition) is 2. The Morgan fingerprint density at radius 3 is 2.57 bits per heavy atom. The molecule has 21 heavy (non-hydrogen) atoms. The topological polar surface area (TPSA) is 29.9 Å². The Balaban J connectivity index is 2.23. The van der Waals surface area contributed by atoms with Crippen LogP contribution in [0.25, 0.3) is 0 Å². The summed E-state index contributed by atoms with van der Waals surface area (Å²) in [5.41, 5.74) is 3.38. The quantitative estimate of drug-likeness (QED) is 0.857. The van der Waals surface area contributed by atoms with Crippen LogP contribution < -0.4 is 5.32 Å². The fourth-order valence-electron chi connectivity index (χ4n) is 2.46. The molecule has 114 valence electrons. The molecule has 1 unspecified atom stereocenters. The van der Waals surface area contributed by atoms with E-state index in [1.54, 1.807) is 0 Å². The van der Waals surface area contributed by atoms with Crippen LogP contribution in [-0.4, -0.2) is 16.3 Å². The summed E-state index contributed by atoms with van der Waals surface area (Å²) in [6.45, 7) is 5.15. The van der Waals surface area contributed by atoms with Crippen LogP contribution in [0.2, 0.25) is 10.0 Å². The molecule has 5 heteroatoms. The van der Waals surface area contributed by atoms with Gasteiger partial charge in [-0.3, -0.25) is 4.68 Å². The molecular formula is C16H21Cl2N3. The number of rotatable bonds is 6. The average Bonchev–Trinajstić information content (AvgIpc) is 2.77. The first-order chi connectivity index (χ1) is 10.0. The third kappa shape index (κ3) is 4.22. The predicted octanol–water partition coefficient (Wildman–Crippen LogP) is 4.32. The highest BCUT2D eigenvalue weighted by molar-refractivity contribution is 6.42. The zero-order valence-corrected chi connectivity index (χ0v) is 14.2. The van der Waals surface area contributed by atoms with Gasteiger partial charge in [-0.25, -0.2) is 0 Å². The molecule has 0 aliphatic carbocycles. The molecule has 0 saturated heterocycles. The van der Waals surface area contributed by atoms with Gasteiger partial charge in [0.25, 0.3) is 0 Å². The molecule has 0 fully saturated rings. The van der Waals surface area contributed by atoms with Crippen LogP contribution in [0.1, 0.15) is 36.3 Å². The number of nitrogens with one attached hydrogen (secondary N) is 1. The molecular weight excluding hydrogens is 305 g/mol. The van der Waals surface area contributed by atoms with Gasteiger partial charge in [0.2, 0.25) is 0 Å². The lowest BCUT2D eigenvalue weighted by atomic mass is 10.0. The number of aromatic nitrogens is 2. The normalized spacial score (nSPS) is 12.6. The third-order valence-electron chi connectivity index (χ3n) is 3.46. The molecule has 0 amide bonds. The van der Waals surface area contributed by atoms with Crippen LogP contribution in [0.3, 0.4) is 0 Å². The van der Waals surface area contributed by atoms with Gasteiger partial charge in [0.05, 0.1) is 27.5 Å². The first kappa shape index (κ1) is 16.3. The third-order valence-corrected chi connectivity index (χ3v) is 4.20. The fourth-order valence-corrected chi connectivity index (χ4v) is 2.78. The summed E-state index contributed by atoms with van der Waals surface area (Å²) < 4.78 is 1.94. The van der Waals surface area contributed by atoms with Gasteiger partial charge in [0.15, 0.2) is 0 Å². The van der Waals surface area contributed by atoms with E-state index < -0.39 is 0 Å². The number of aryl methyl sites for hydroxylation is 2. The highest BCUT2D eigenvalue weighted by Crippen LogP contribution is 2.26. The largest absolute Gasteiger partial charge is 0.308 e. The summed E-state index contributed by atoms with van der Waals surface area (Å²) in [5, 5.41) is 9.22. The van der Waals surface area contributed by atoms with Crippen LogP contribution in [0.4, 0.5) is 0 Å². The van der Waals surface area contributed by atoms with Gasteiger partial charge < -0.3 is 5.32 Å². The van der Waals surface area contributed by atoms with Crippen molar-refractivity contribution in [3.63, 3.8) is 0 Å². The molecule has 1 aromatic heterocycles. The average molecular weight is 326 g/mol. The van der Waals surface area contributed by atoms with Crippen LogP contribution in [0.5, 0.6) is 0 Å². The van der Waals surface area contributed by atoms with Crippen molar-refractivity contribution in [2.45, 2.75) is 32.7 Å². The second-order valence-corrected chi connectivity index (χ2v) is 6.11. The van der Waals surface area contributed by atoms with Crippen molar-refractivity contribution in [2.75, 3.05) is 6.54 Å². The van der Waals surface area contributed by atoms with Crippen LogP contribution in [0.15, 0.2) is 24.3 Å². The highest BCUT2D eigenvalue weighted by Gasteiger charge is 2.16. The Kier molecular flexibility index (Phi) is 5.68. The van der Waals surface area contributed by atoms with E-state index in [0.717, 1.165) is 30.6 Å².